The maximum Gasteiger partial charge on any atom is 0.244 e. The summed E-state index contributed by atoms with van der Waals surface area (Å²) in [6, 6.07) is 9.46. The van der Waals surface area contributed by atoms with Crippen molar-refractivity contribution < 1.29 is 9.59 Å². The number of hydrogen-bond donors (Lipinski definition) is 1. The van der Waals surface area contributed by atoms with Crippen LogP contribution in [0, 0.1) is 0 Å². The van der Waals surface area contributed by atoms with E-state index < -0.39 is 6.04 Å². The van der Waals surface area contributed by atoms with Gasteiger partial charge in [-0.2, -0.15) is 0 Å². The molecule has 0 radical (unpaired) electrons. The average molecular weight is 397 g/mol. The van der Waals surface area contributed by atoms with Crippen LogP contribution in [0.25, 0.3) is 21.6 Å². The van der Waals surface area contributed by atoms with Crippen LogP contribution in [-0.4, -0.2) is 45.4 Å². The first kappa shape index (κ1) is 18.7. The molecular formula is C21H24N4O2S. The molecule has 7 heteroatoms. The molecule has 28 heavy (non-hydrogen) atoms. The van der Waals surface area contributed by atoms with Gasteiger partial charge in [0.05, 0.1) is 10.6 Å². The number of hydrogen-bond acceptors (Lipinski definition) is 4. The van der Waals surface area contributed by atoms with Gasteiger partial charge in [-0.05, 0) is 55.8 Å². The zero-order valence-electron chi connectivity index (χ0n) is 15.9. The minimum Gasteiger partial charge on any atom is -0.343 e. The lowest BCUT2D eigenvalue weighted by atomic mass is 10.1. The Hall–Kier alpha value is -2.67. The predicted molar refractivity (Wildman–Crippen MR) is 111 cm³/mol. The molecule has 0 aliphatic carbocycles. The number of rotatable bonds is 5. The van der Waals surface area contributed by atoms with Crippen LogP contribution in [0.2, 0.25) is 0 Å². The molecule has 4 rings (SSSR count). The van der Waals surface area contributed by atoms with Crippen LogP contribution in [0.4, 0.5) is 0 Å². The second kappa shape index (κ2) is 8.14. The second-order valence-corrected chi connectivity index (χ2v) is 8.13. The summed E-state index contributed by atoms with van der Waals surface area (Å²) in [6.45, 7) is 3.47. The smallest absolute Gasteiger partial charge is 0.244 e. The third kappa shape index (κ3) is 3.80. The molecule has 0 bridgehead atoms. The van der Waals surface area contributed by atoms with Gasteiger partial charge >= 0.3 is 0 Å². The summed E-state index contributed by atoms with van der Waals surface area (Å²) < 4.78 is 1.93. The lowest BCUT2D eigenvalue weighted by Crippen LogP contribution is -2.49. The van der Waals surface area contributed by atoms with Gasteiger partial charge in [0.15, 0.2) is 0 Å². The summed E-state index contributed by atoms with van der Waals surface area (Å²) in [5.74, 6) is -0.180. The number of pyridine rings is 1. The molecule has 1 N–H and O–H groups in total. The van der Waals surface area contributed by atoms with Gasteiger partial charge in [-0.3, -0.25) is 9.59 Å². The molecule has 0 aromatic carbocycles. The van der Waals surface area contributed by atoms with Crippen LogP contribution >= 0.6 is 11.3 Å². The van der Waals surface area contributed by atoms with Gasteiger partial charge in [-0.15, -0.1) is 11.3 Å². The quantitative estimate of drug-likeness (QED) is 0.720. The van der Waals surface area contributed by atoms with Crippen molar-refractivity contribution in [1.29, 1.82) is 0 Å². The molecule has 2 amide bonds. The van der Waals surface area contributed by atoms with Gasteiger partial charge in [0.2, 0.25) is 11.8 Å². The van der Waals surface area contributed by atoms with Crippen LogP contribution in [0.3, 0.4) is 0 Å². The van der Waals surface area contributed by atoms with Crippen molar-refractivity contribution in [3.05, 3.63) is 41.9 Å². The normalized spacial score (nSPS) is 15.5. The SMILES string of the molecule is CC(NC(=O)Cn1c(-c2cccs2)cc2cccnc21)C(=O)N1CCCCC1. The molecule has 0 spiro atoms. The Labute approximate surface area is 168 Å². The van der Waals surface area contributed by atoms with Gasteiger partial charge in [0.25, 0.3) is 0 Å². The Morgan fingerprint density at radius 2 is 2.04 bits per heavy atom. The summed E-state index contributed by atoms with van der Waals surface area (Å²) in [6.07, 6.45) is 4.98. The van der Waals surface area contributed by atoms with Crippen molar-refractivity contribution in [2.24, 2.45) is 0 Å². The third-order valence-electron chi connectivity index (χ3n) is 5.15. The molecule has 1 atom stereocenters. The van der Waals surface area contributed by atoms with Gasteiger partial charge in [0.1, 0.15) is 18.2 Å². The number of fused-ring (bicyclic) bond motifs is 1. The fraction of sp³-hybridized carbons (Fsp3) is 0.381. The number of thiophene rings is 1. The number of aromatic nitrogens is 2. The van der Waals surface area contributed by atoms with E-state index in [2.05, 4.69) is 16.4 Å². The van der Waals surface area contributed by atoms with E-state index in [1.807, 2.05) is 39.1 Å². The van der Waals surface area contributed by atoms with E-state index in [-0.39, 0.29) is 18.4 Å². The Balaban J connectivity index is 1.52. The number of nitrogens with zero attached hydrogens (tertiary/aromatic N) is 3. The minimum absolute atomic E-state index is 0.00187. The van der Waals surface area contributed by atoms with E-state index in [0.29, 0.717) is 0 Å². The Bertz CT molecular complexity index is 974. The number of amides is 2. The molecule has 4 heterocycles. The molecule has 1 unspecified atom stereocenters. The highest BCUT2D eigenvalue weighted by atomic mass is 32.1. The predicted octanol–water partition coefficient (Wildman–Crippen LogP) is 3.28. The Morgan fingerprint density at radius 3 is 2.79 bits per heavy atom. The first-order valence-corrected chi connectivity index (χ1v) is 10.6. The van der Waals surface area contributed by atoms with E-state index >= 15 is 0 Å². The number of carbonyl (C=O) groups is 2. The second-order valence-electron chi connectivity index (χ2n) is 7.18. The Morgan fingerprint density at radius 1 is 1.21 bits per heavy atom. The van der Waals surface area contributed by atoms with Crippen LogP contribution in [-0.2, 0) is 16.1 Å². The van der Waals surface area contributed by atoms with Gasteiger partial charge < -0.3 is 14.8 Å². The maximum atomic E-state index is 12.7. The van der Waals surface area contributed by atoms with Crippen LogP contribution in [0.1, 0.15) is 26.2 Å². The highest BCUT2D eigenvalue weighted by molar-refractivity contribution is 7.13. The average Bonchev–Trinajstić information content (AvgIpc) is 3.36. The van der Waals surface area contributed by atoms with Gasteiger partial charge in [0, 0.05) is 24.7 Å². The minimum atomic E-state index is -0.523. The first-order chi connectivity index (χ1) is 13.6. The number of nitrogens with one attached hydrogen (secondary N) is 1. The highest BCUT2D eigenvalue weighted by Gasteiger charge is 2.24. The van der Waals surface area contributed by atoms with Crippen molar-refractivity contribution >= 4 is 34.2 Å². The summed E-state index contributed by atoms with van der Waals surface area (Å²) in [7, 11) is 0. The van der Waals surface area contributed by atoms with Crippen molar-refractivity contribution in [2.75, 3.05) is 13.1 Å². The largest absolute Gasteiger partial charge is 0.343 e. The molecule has 1 aliphatic rings. The Kier molecular flexibility index (Phi) is 5.43. The van der Waals surface area contributed by atoms with Crippen molar-refractivity contribution in [2.45, 2.75) is 38.8 Å². The molecule has 3 aromatic rings. The van der Waals surface area contributed by atoms with E-state index in [9.17, 15) is 9.59 Å². The molecular weight excluding hydrogens is 372 g/mol. The topological polar surface area (TPSA) is 67.2 Å². The fourth-order valence-electron chi connectivity index (χ4n) is 3.76. The lowest BCUT2D eigenvalue weighted by molar-refractivity contribution is -0.136. The third-order valence-corrected chi connectivity index (χ3v) is 6.04. The van der Waals surface area contributed by atoms with Crippen molar-refractivity contribution in [3.8, 4) is 10.6 Å². The summed E-state index contributed by atoms with van der Waals surface area (Å²) >= 11 is 1.63. The maximum absolute atomic E-state index is 12.7. The van der Waals surface area contributed by atoms with E-state index in [1.54, 1.807) is 24.5 Å². The number of likely N-dealkylation sites (tertiary alicyclic amines) is 1. The fourth-order valence-corrected chi connectivity index (χ4v) is 4.51. The molecule has 146 valence electrons. The number of carbonyl (C=O) groups excluding carboxylic acids is 2. The molecule has 6 nitrogen and oxygen atoms in total. The molecule has 0 saturated carbocycles. The van der Waals surface area contributed by atoms with Crippen LogP contribution in [0.15, 0.2) is 41.9 Å². The molecule has 1 aliphatic heterocycles. The molecule has 3 aromatic heterocycles. The van der Waals surface area contributed by atoms with Crippen LogP contribution < -0.4 is 5.32 Å². The molecule has 1 fully saturated rings. The monoisotopic (exact) mass is 396 g/mol. The summed E-state index contributed by atoms with van der Waals surface area (Å²) in [5, 5.41) is 5.89. The standard InChI is InChI=1S/C21H24N4O2S/c1-15(21(27)24-10-3-2-4-11-24)23-19(26)14-25-17(18-8-6-12-28-18)13-16-7-5-9-22-20(16)25/h5-9,12-13,15H,2-4,10-11,14H2,1H3,(H,23,26). The zero-order chi connectivity index (χ0) is 19.5. The highest BCUT2D eigenvalue weighted by Crippen LogP contribution is 2.30. The van der Waals surface area contributed by atoms with Gasteiger partial charge in [-0.25, -0.2) is 4.98 Å². The zero-order valence-corrected chi connectivity index (χ0v) is 16.7. The summed E-state index contributed by atoms with van der Waals surface area (Å²) in [4.78, 5) is 32.8. The van der Waals surface area contributed by atoms with Gasteiger partial charge in [-0.1, -0.05) is 6.07 Å². The van der Waals surface area contributed by atoms with E-state index in [1.165, 1.54) is 6.42 Å². The van der Waals surface area contributed by atoms with Crippen molar-refractivity contribution in [3.63, 3.8) is 0 Å². The van der Waals surface area contributed by atoms with E-state index in [0.717, 1.165) is 47.5 Å². The van der Waals surface area contributed by atoms with E-state index in [4.69, 9.17) is 0 Å². The summed E-state index contributed by atoms with van der Waals surface area (Å²) in [5.41, 5.74) is 1.74. The number of piperidine rings is 1. The van der Waals surface area contributed by atoms with Crippen molar-refractivity contribution in [1.82, 2.24) is 19.8 Å². The first-order valence-electron chi connectivity index (χ1n) is 9.70. The van der Waals surface area contributed by atoms with Crippen LogP contribution in [0.5, 0.6) is 0 Å². The lowest BCUT2D eigenvalue weighted by Gasteiger charge is -2.29. The molecule has 1 saturated heterocycles.